The lowest BCUT2D eigenvalue weighted by atomic mass is 10.2. The zero-order valence-corrected chi connectivity index (χ0v) is 16.8. The third-order valence-corrected chi connectivity index (χ3v) is 5.91. The van der Waals surface area contributed by atoms with Crippen molar-refractivity contribution >= 4 is 57.3 Å². The van der Waals surface area contributed by atoms with Crippen LogP contribution in [0.15, 0.2) is 58.3 Å². The maximum Gasteiger partial charge on any atom is 0.271 e. The van der Waals surface area contributed by atoms with Crippen molar-refractivity contribution in [1.29, 1.82) is 0 Å². The molecule has 7 heteroatoms. The average molecular weight is 482 g/mol. The lowest BCUT2D eigenvalue weighted by Crippen LogP contribution is -2.42. The summed E-state index contributed by atoms with van der Waals surface area (Å²) in [6.07, 6.45) is 1.87. The summed E-state index contributed by atoms with van der Waals surface area (Å²) in [4.78, 5) is 20.2. The molecule has 0 spiro atoms. The van der Waals surface area contributed by atoms with Crippen LogP contribution in [0.4, 0.5) is 5.69 Å². The predicted octanol–water partition coefficient (Wildman–Crippen LogP) is 3.05. The van der Waals surface area contributed by atoms with Gasteiger partial charge in [-0.15, -0.1) is 0 Å². The second-order valence-corrected chi connectivity index (χ2v) is 8.33. The Morgan fingerprint density at radius 1 is 1.20 bits per heavy atom. The van der Waals surface area contributed by atoms with E-state index in [1.54, 1.807) is 4.57 Å². The molecule has 0 N–H and O–H groups in total. The molecule has 1 aromatic heterocycles. The number of hydrogen-bond acceptors (Lipinski definition) is 4. The van der Waals surface area contributed by atoms with Crippen molar-refractivity contribution in [3.63, 3.8) is 0 Å². The molecule has 0 amide bonds. The van der Waals surface area contributed by atoms with E-state index in [-0.39, 0.29) is 5.56 Å². The van der Waals surface area contributed by atoms with Gasteiger partial charge in [0.2, 0.25) is 0 Å². The summed E-state index contributed by atoms with van der Waals surface area (Å²) < 4.78 is 3.58. The van der Waals surface area contributed by atoms with Crippen LogP contribution >= 0.6 is 45.5 Å². The molecule has 0 aliphatic carbocycles. The van der Waals surface area contributed by atoms with Gasteiger partial charge in [0, 0.05) is 14.3 Å². The number of thiazole rings is 1. The molecule has 0 saturated heterocycles. The monoisotopic (exact) mass is 481 g/mol. The van der Waals surface area contributed by atoms with Crippen LogP contribution in [0.3, 0.4) is 0 Å². The molecule has 2 aromatic carbocycles. The van der Waals surface area contributed by atoms with E-state index >= 15 is 0 Å². The van der Waals surface area contributed by atoms with E-state index in [0.717, 1.165) is 16.1 Å². The molecule has 1 aliphatic rings. The van der Waals surface area contributed by atoms with E-state index in [4.69, 9.17) is 11.6 Å². The number of halogens is 2. The molecule has 3 aromatic rings. The SMILES string of the molecule is O=c1/c(=C/c2cccc(Cl)c2)sc2n1CN(c1ccc(I)cc1)CN=2. The van der Waals surface area contributed by atoms with Gasteiger partial charge in [0.05, 0.1) is 4.53 Å². The summed E-state index contributed by atoms with van der Waals surface area (Å²) >= 11 is 9.72. The molecule has 0 radical (unpaired) electrons. The highest BCUT2D eigenvalue weighted by Gasteiger charge is 2.15. The third kappa shape index (κ3) is 3.51. The fourth-order valence-corrected chi connectivity index (χ4v) is 4.20. The van der Waals surface area contributed by atoms with E-state index in [0.29, 0.717) is 22.9 Å². The molecule has 0 atom stereocenters. The number of aromatic nitrogens is 1. The maximum absolute atomic E-state index is 12.8. The maximum atomic E-state index is 12.8. The molecule has 0 unspecified atom stereocenters. The number of nitrogens with zero attached hydrogens (tertiary/aromatic N) is 3. The van der Waals surface area contributed by atoms with Crippen molar-refractivity contribution in [3.05, 3.63) is 82.4 Å². The fraction of sp³-hybridized carbons (Fsp3) is 0.111. The molecule has 4 nitrogen and oxygen atoms in total. The Hall–Kier alpha value is -1.64. The van der Waals surface area contributed by atoms with Gasteiger partial charge in [0.15, 0.2) is 4.80 Å². The van der Waals surface area contributed by atoms with Crippen LogP contribution in [0.2, 0.25) is 5.02 Å². The number of anilines is 1. The zero-order valence-electron chi connectivity index (χ0n) is 13.0. The number of benzene rings is 2. The van der Waals surface area contributed by atoms with Crippen molar-refractivity contribution < 1.29 is 0 Å². The fourth-order valence-electron chi connectivity index (χ4n) is 2.67. The van der Waals surface area contributed by atoms with Crippen LogP contribution in [0.5, 0.6) is 0 Å². The molecule has 1 aliphatic heterocycles. The number of fused-ring (bicyclic) bond motifs is 1. The van der Waals surface area contributed by atoms with E-state index in [1.165, 1.54) is 14.9 Å². The van der Waals surface area contributed by atoms with Crippen LogP contribution in [-0.4, -0.2) is 11.2 Å². The summed E-state index contributed by atoms with van der Waals surface area (Å²) in [7, 11) is 0. The Labute approximate surface area is 166 Å². The highest BCUT2D eigenvalue weighted by Crippen LogP contribution is 2.17. The molecule has 0 fully saturated rings. The van der Waals surface area contributed by atoms with Crippen molar-refractivity contribution in [2.24, 2.45) is 4.99 Å². The van der Waals surface area contributed by atoms with Crippen LogP contribution in [0, 0.1) is 3.57 Å². The standard InChI is InChI=1S/C18H13ClIN3OS/c19-13-3-1-2-12(8-13)9-16-17(24)23-11-22(10-21-18(23)25-16)15-6-4-14(20)5-7-15/h1-9H,10-11H2/b16-9-. The van der Waals surface area contributed by atoms with Crippen molar-refractivity contribution in [2.75, 3.05) is 11.6 Å². The van der Waals surface area contributed by atoms with E-state index in [1.807, 2.05) is 30.3 Å². The smallest absolute Gasteiger partial charge is 0.271 e. The minimum absolute atomic E-state index is 0.0149. The zero-order chi connectivity index (χ0) is 17.4. The molecule has 4 rings (SSSR count). The second kappa shape index (κ2) is 6.93. The predicted molar refractivity (Wildman–Crippen MR) is 111 cm³/mol. The van der Waals surface area contributed by atoms with Gasteiger partial charge < -0.3 is 4.90 Å². The quantitative estimate of drug-likeness (QED) is 0.528. The van der Waals surface area contributed by atoms with Gasteiger partial charge in [-0.3, -0.25) is 9.36 Å². The third-order valence-electron chi connectivity index (χ3n) is 3.92. The Morgan fingerprint density at radius 3 is 2.76 bits per heavy atom. The molecule has 2 heterocycles. The van der Waals surface area contributed by atoms with E-state index < -0.39 is 0 Å². The van der Waals surface area contributed by atoms with Gasteiger partial charge in [0.25, 0.3) is 5.56 Å². The summed E-state index contributed by atoms with van der Waals surface area (Å²) in [5.74, 6) is 0. The van der Waals surface area contributed by atoms with Gasteiger partial charge in [-0.1, -0.05) is 35.1 Å². The first-order valence-corrected chi connectivity index (χ1v) is 9.89. The van der Waals surface area contributed by atoms with Gasteiger partial charge in [-0.25, -0.2) is 4.99 Å². The second-order valence-electron chi connectivity index (χ2n) is 5.64. The van der Waals surface area contributed by atoms with E-state index in [2.05, 4.69) is 56.7 Å². The number of hydrogen-bond donors (Lipinski definition) is 0. The average Bonchev–Trinajstić information content (AvgIpc) is 2.91. The summed E-state index contributed by atoms with van der Waals surface area (Å²) in [5.41, 5.74) is 1.96. The Morgan fingerprint density at radius 2 is 2.00 bits per heavy atom. The molecule has 0 bridgehead atoms. The molecular weight excluding hydrogens is 469 g/mol. The minimum atomic E-state index is -0.0149. The van der Waals surface area contributed by atoms with E-state index in [9.17, 15) is 4.79 Å². The highest BCUT2D eigenvalue weighted by molar-refractivity contribution is 14.1. The summed E-state index contributed by atoms with van der Waals surface area (Å²) in [6.45, 7) is 1.06. The molecule has 25 heavy (non-hydrogen) atoms. The largest absolute Gasteiger partial charge is 0.334 e. The molecular formula is C18H13ClIN3OS. The molecule has 126 valence electrons. The first-order valence-electron chi connectivity index (χ1n) is 7.62. The van der Waals surface area contributed by atoms with Crippen molar-refractivity contribution in [2.45, 2.75) is 6.67 Å². The van der Waals surface area contributed by atoms with Gasteiger partial charge >= 0.3 is 0 Å². The Balaban J connectivity index is 1.71. The molecule has 0 saturated carbocycles. The lowest BCUT2D eigenvalue weighted by Gasteiger charge is -2.25. The summed E-state index contributed by atoms with van der Waals surface area (Å²) in [5, 5.41) is 0.657. The van der Waals surface area contributed by atoms with Crippen LogP contribution in [0.25, 0.3) is 6.08 Å². The lowest BCUT2D eigenvalue weighted by molar-refractivity contribution is 0.569. The van der Waals surface area contributed by atoms with Gasteiger partial charge in [0.1, 0.15) is 13.3 Å². The Bertz CT molecular complexity index is 1100. The topological polar surface area (TPSA) is 37.6 Å². The van der Waals surface area contributed by atoms with Gasteiger partial charge in [-0.05, 0) is 70.6 Å². The highest BCUT2D eigenvalue weighted by atomic mass is 127. The number of rotatable bonds is 2. The summed E-state index contributed by atoms with van der Waals surface area (Å²) in [6, 6.07) is 15.7. The minimum Gasteiger partial charge on any atom is -0.334 e. The Kier molecular flexibility index (Phi) is 4.66. The van der Waals surface area contributed by atoms with Crippen LogP contribution in [-0.2, 0) is 6.67 Å². The first-order chi connectivity index (χ1) is 12.1. The normalized spacial score (nSPS) is 14.3. The van der Waals surface area contributed by atoms with Gasteiger partial charge in [-0.2, -0.15) is 0 Å². The van der Waals surface area contributed by atoms with Crippen LogP contribution in [0.1, 0.15) is 5.56 Å². The first kappa shape index (κ1) is 16.8. The van der Waals surface area contributed by atoms with Crippen LogP contribution < -0.4 is 19.8 Å². The van der Waals surface area contributed by atoms with Crippen molar-refractivity contribution in [3.8, 4) is 0 Å². The van der Waals surface area contributed by atoms with Crippen molar-refractivity contribution in [1.82, 2.24) is 4.57 Å².